The predicted molar refractivity (Wildman–Crippen MR) is 55.8 cm³/mol. The third-order valence-electron chi connectivity index (χ3n) is 1.86. The number of carboxylic acid groups (broad SMARTS) is 2. The van der Waals surface area contributed by atoms with E-state index in [1.807, 2.05) is 0 Å². The molecule has 1 aliphatic heterocycles. The monoisotopic (exact) mass is 224 g/mol. The summed E-state index contributed by atoms with van der Waals surface area (Å²) in [5, 5.41) is 17.0. The Hall–Kier alpha value is -1.88. The van der Waals surface area contributed by atoms with Gasteiger partial charge in [0.1, 0.15) is 0 Å². The van der Waals surface area contributed by atoms with Gasteiger partial charge in [0.15, 0.2) is 0 Å². The van der Waals surface area contributed by atoms with Crippen LogP contribution in [0.5, 0.6) is 0 Å². The number of benzene rings is 1. The van der Waals surface area contributed by atoms with Gasteiger partial charge >= 0.3 is 11.9 Å². The van der Waals surface area contributed by atoms with Crippen LogP contribution in [-0.2, 0) is 4.74 Å². The van der Waals surface area contributed by atoms with E-state index in [4.69, 9.17) is 14.9 Å². The molecule has 1 saturated heterocycles. The molecule has 0 amide bonds. The molecular weight excluding hydrogens is 212 g/mol. The van der Waals surface area contributed by atoms with Gasteiger partial charge in [-0.15, -0.1) is 0 Å². The van der Waals surface area contributed by atoms with E-state index >= 15 is 0 Å². The van der Waals surface area contributed by atoms with Crippen molar-refractivity contribution >= 4 is 11.9 Å². The maximum atomic E-state index is 10.4. The van der Waals surface area contributed by atoms with Crippen LogP contribution >= 0.6 is 0 Å². The minimum Gasteiger partial charge on any atom is -0.478 e. The first-order valence-corrected chi connectivity index (χ1v) is 4.69. The molecule has 5 heteroatoms. The predicted octanol–water partition coefficient (Wildman–Crippen LogP) is 1.49. The number of rotatable bonds is 2. The molecule has 0 aliphatic carbocycles. The summed E-state index contributed by atoms with van der Waals surface area (Å²) in [6.45, 7) is 3.04. The number of carbonyl (C=O) groups is 2. The van der Waals surface area contributed by atoms with Gasteiger partial charge in [-0.05, 0) is 25.1 Å². The quantitative estimate of drug-likeness (QED) is 0.743. The van der Waals surface area contributed by atoms with Crippen molar-refractivity contribution in [3.8, 4) is 0 Å². The zero-order valence-electron chi connectivity index (χ0n) is 8.71. The molecule has 1 heterocycles. The standard InChI is InChI=1S/C8H6O4.C3H6O/c9-7(10)5-2-1-3-6(4-5)8(11)12;1-3-2-4-3/h1-4H,(H,9,10)(H,11,12);3H,2H2,1H3. The van der Waals surface area contributed by atoms with Gasteiger partial charge in [-0.3, -0.25) is 0 Å². The molecule has 1 aliphatic rings. The molecule has 0 saturated carbocycles. The Morgan fingerprint density at radius 2 is 1.62 bits per heavy atom. The second-order valence-corrected chi connectivity index (χ2v) is 3.34. The van der Waals surface area contributed by atoms with Crippen LogP contribution in [0.3, 0.4) is 0 Å². The molecule has 1 aromatic carbocycles. The Labute approximate surface area is 92.3 Å². The van der Waals surface area contributed by atoms with E-state index in [2.05, 4.69) is 6.92 Å². The molecule has 2 N–H and O–H groups in total. The lowest BCUT2D eigenvalue weighted by Gasteiger charge is -1.95. The zero-order chi connectivity index (χ0) is 12.1. The average molecular weight is 224 g/mol. The highest BCUT2D eigenvalue weighted by Gasteiger charge is 2.13. The molecule has 86 valence electrons. The third-order valence-corrected chi connectivity index (χ3v) is 1.86. The van der Waals surface area contributed by atoms with E-state index in [0.717, 1.165) is 12.7 Å². The number of epoxide rings is 1. The summed E-state index contributed by atoms with van der Waals surface area (Å²) < 4.78 is 4.71. The van der Waals surface area contributed by atoms with Crippen molar-refractivity contribution in [3.05, 3.63) is 35.4 Å². The molecule has 0 spiro atoms. The first-order valence-electron chi connectivity index (χ1n) is 4.69. The Morgan fingerprint density at radius 3 is 1.88 bits per heavy atom. The van der Waals surface area contributed by atoms with Gasteiger partial charge in [-0.2, -0.15) is 0 Å². The highest BCUT2D eigenvalue weighted by Crippen LogP contribution is 2.05. The minimum atomic E-state index is -1.13. The molecule has 16 heavy (non-hydrogen) atoms. The van der Waals surface area contributed by atoms with Crippen molar-refractivity contribution in [2.24, 2.45) is 0 Å². The fourth-order valence-electron chi connectivity index (χ4n) is 0.881. The molecule has 1 fully saturated rings. The topological polar surface area (TPSA) is 87.1 Å². The second-order valence-electron chi connectivity index (χ2n) is 3.34. The van der Waals surface area contributed by atoms with E-state index in [1.54, 1.807) is 0 Å². The van der Waals surface area contributed by atoms with Crippen LogP contribution in [0.25, 0.3) is 0 Å². The van der Waals surface area contributed by atoms with Crippen LogP contribution in [-0.4, -0.2) is 34.9 Å². The number of aromatic carboxylic acids is 2. The number of hydrogen-bond donors (Lipinski definition) is 2. The summed E-state index contributed by atoms with van der Waals surface area (Å²) in [7, 11) is 0. The molecule has 5 nitrogen and oxygen atoms in total. The maximum Gasteiger partial charge on any atom is 0.335 e. The van der Waals surface area contributed by atoms with Crippen molar-refractivity contribution in [3.63, 3.8) is 0 Å². The first kappa shape index (κ1) is 12.2. The van der Waals surface area contributed by atoms with Gasteiger partial charge in [0.25, 0.3) is 0 Å². The smallest absolute Gasteiger partial charge is 0.335 e. The number of carboxylic acids is 2. The molecule has 0 bridgehead atoms. The van der Waals surface area contributed by atoms with E-state index in [-0.39, 0.29) is 11.1 Å². The SMILES string of the molecule is CC1CO1.O=C(O)c1cccc(C(=O)O)c1. The molecule has 1 atom stereocenters. The molecule has 2 rings (SSSR count). The Bertz CT molecular complexity index is 366. The van der Waals surface area contributed by atoms with Crippen LogP contribution in [0.15, 0.2) is 24.3 Å². The van der Waals surface area contributed by atoms with Gasteiger partial charge in [-0.1, -0.05) is 6.07 Å². The van der Waals surface area contributed by atoms with Crippen LogP contribution in [0.1, 0.15) is 27.6 Å². The maximum absolute atomic E-state index is 10.4. The largest absolute Gasteiger partial charge is 0.478 e. The Balaban J connectivity index is 0.000000267. The second kappa shape index (κ2) is 5.27. The van der Waals surface area contributed by atoms with E-state index < -0.39 is 11.9 Å². The minimum absolute atomic E-state index is 0.0186. The summed E-state index contributed by atoms with van der Waals surface area (Å²) >= 11 is 0. The van der Waals surface area contributed by atoms with Crippen molar-refractivity contribution in [2.45, 2.75) is 13.0 Å². The Morgan fingerprint density at radius 1 is 1.25 bits per heavy atom. The average Bonchev–Trinajstić information content (AvgIpc) is 3.02. The zero-order valence-corrected chi connectivity index (χ0v) is 8.71. The molecule has 1 aromatic rings. The molecule has 1 unspecified atom stereocenters. The van der Waals surface area contributed by atoms with Gasteiger partial charge in [-0.25, -0.2) is 9.59 Å². The fourth-order valence-corrected chi connectivity index (χ4v) is 0.881. The Kier molecular flexibility index (Phi) is 4.02. The van der Waals surface area contributed by atoms with Crippen molar-refractivity contribution in [1.29, 1.82) is 0 Å². The van der Waals surface area contributed by atoms with Crippen LogP contribution < -0.4 is 0 Å². The van der Waals surface area contributed by atoms with Gasteiger partial charge in [0, 0.05) is 0 Å². The number of ether oxygens (including phenoxy) is 1. The van der Waals surface area contributed by atoms with Gasteiger partial charge < -0.3 is 14.9 Å². The van der Waals surface area contributed by atoms with Crippen LogP contribution in [0.2, 0.25) is 0 Å². The summed E-state index contributed by atoms with van der Waals surface area (Å²) in [5.41, 5.74) is -0.0372. The fraction of sp³-hybridized carbons (Fsp3) is 0.273. The summed E-state index contributed by atoms with van der Waals surface area (Å²) in [6.07, 6.45) is 0.583. The normalized spacial score (nSPS) is 16.9. The third kappa shape index (κ3) is 4.10. The lowest BCUT2D eigenvalue weighted by atomic mass is 10.1. The highest BCUT2D eigenvalue weighted by atomic mass is 16.6. The van der Waals surface area contributed by atoms with Crippen LogP contribution in [0, 0.1) is 0 Å². The van der Waals surface area contributed by atoms with Crippen LogP contribution in [0.4, 0.5) is 0 Å². The van der Waals surface area contributed by atoms with E-state index in [0.29, 0.717) is 6.10 Å². The molecular formula is C11H12O5. The lowest BCUT2D eigenvalue weighted by molar-refractivity contribution is 0.0696. The highest BCUT2D eigenvalue weighted by molar-refractivity contribution is 5.93. The van der Waals surface area contributed by atoms with Gasteiger partial charge in [0.2, 0.25) is 0 Å². The number of hydrogen-bond acceptors (Lipinski definition) is 3. The van der Waals surface area contributed by atoms with Crippen molar-refractivity contribution in [2.75, 3.05) is 6.61 Å². The summed E-state index contributed by atoms with van der Waals surface area (Å²) in [6, 6.07) is 5.20. The van der Waals surface area contributed by atoms with Crippen molar-refractivity contribution in [1.82, 2.24) is 0 Å². The summed E-state index contributed by atoms with van der Waals surface area (Å²) in [5.74, 6) is -2.25. The molecule has 0 radical (unpaired) electrons. The first-order chi connectivity index (χ1) is 7.50. The van der Waals surface area contributed by atoms with Gasteiger partial charge in [0.05, 0.1) is 23.8 Å². The van der Waals surface area contributed by atoms with E-state index in [9.17, 15) is 9.59 Å². The lowest BCUT2D eigenvalue weighted by Crippen LogP contribution is -2.01. The molecule has 0 aromatic heterocycles. The van der Waals surface area contributed by atoms with E-state index in [1.165, 1.54) is 18.2 Å². The summed E-state index contributed by atoms with van der Waals surface area (Å²) in [4.78, 5) is 20.8. The van der Waals surface area contributed by atoms with Crippen molar-refractivity contribution < 1.29 is 24.5 Å².